The number of ketones is 1. The fourth-order valence-electron chi connectivity index (χ4n) is 4.93. The highest BCUT2D eigenvalue weighted by atomic mass is 35.5. The van der Waals surface area contributed by atoms with Crippen LogP contribution in [-0.2, 0) is 32.8 Å². The number of piperidine rings is 1. The first-order valence-corrected chi connectivity index (χ1v) is 12.6. The Morgan fingerprint density at radius 2 is 1.59 bits per heavy atom. The number of alkyl halides is 3. The molecule has 4 rings (SSSR count). The zero-order valence-electron chi connectivity index (χ0n) is 20.2. The van der Waals surface area contributed by atoms with Gasteiger partial charge in [-0.25, -0.2) is 4.79 Å². The van der Waals surface area contributed by atoms with Crippen molar-refractivity contribution in [2.24, 2.45) is 0 Å². The van der Waals surface area contributed by atoms with E-state index in [1.807, 2.05) is 12.1 Å². The van der Waals surface area contributed by atoms with Crippen LogP contribution in [0.1, 0.15) is 52.7 Å². The second-order valence-corrected chi connectivity index (χ2v) is 9.86. The van der Waals surface area contributed by atoms with Gasteiger partial charge in [0.1, 0.15) is 5.60 Å². The molecule has 0 saturated carbocycles. The number of hydrogen-bond donors (Lipinski definition) is 1. The van der Waals surface area contributed by atoms with Crippen molar-refractivity contribution in [2.75, 3.05) is 26.2 Å². The van der Waals surface area contributed by atoms with Gasteiger partial charge in [-0.05, 0) is 60.8 Å². The van der Waals surface area contributed by atoms with E-state index in [0.29, 0.717) is 16.1 Å². The van der Waals surface area contributed by atoms with E-state index in [4.69, 9.17) is 16.3 Å². The molecule has 2 aliphatic heterocycles. The Hall–Kier alpha value is -2.91. The highest BCUT2D eigenvalue weighted by Gasteiger charge is 2.48. The lowest BCUT2D eigenvalue weighted by Crippen LogP contribution is -2.48. The number of fused-ring (bicyclic) bond motifs is 1. The maximum atomic E-state index is 13.0. The van der Waals surface area contributed by atoms with Gasteiger partial charge in [0.25, 0.3) is 0 Å². The quantitative estimate of drug-likeness (QED) is 0.431. The molecule has 1 fully saturated rings. The Morgan fingerprint density at radius 3 is 2.24 bits per heavy atom. The molecule has 2 aromatic carbocycles. The summed E-state index contributed by atoms with van der Waals surface area (Å²) in [5, 5.41) is 3.72. The molecule has 0 bridgehead atoms. The lowest BCUT2D eigenvalue weighted by Gasteiger charge is -2.41. The molecule has 0 aliphatic carbocycles. The van der Waals surface area contributed by atoms with E-state index < -0.39 is 17.7 Å². The lowest BCUT2D eigenvalue weighted by atomic mass is 9.84. The van der Waals surface area contributed by atoms with Crippen LogP contribution in [0.3, 0.4) is 0 Å². The van der Waals surface area contributed by atoms with Crippen LogP contribution in [0.5, 0.6) is 0 Å². The SMILES string of the molecule is O=C(CCC(=O)N1CCC(OC(=O)C(F)(F)F)(c2ccc(Cl)cc2)CC1)c1ccc2c(c1)CCNCC2. The van der Waals surface area contributed by atoms with Crippen LogP contribution < -0.4 is 5.32 Å². The Kier molecular flexibility index (Phi) is 8.23. The van der Waals surface area contributed by atoms with Gasteiger partial charge in [0, 0.05) is 49.4 Å². The molecule has 2 aliphatic rings. The molecule has 0 radical (unpaired) electrons. The number of likely N-dealkylation sites (tertiary alicyclic amines) is 1. The van der Waals surface area contributed by atoms with Gasteiger partial charge in [-0.15, -0.1) is 0 Å². The topological polar surface area (TPSA) is 75.7 Å². The van der Waals surface area contributed by atoms with Crippen molar-refractivity contribution in [3.05, 3.63) is 69.7 Å². The number of hydrogen-bond acceptors (Lipinski definition) is 5. The summed E-state index contributed by atoms with van der Waals surface area (Å²) in [4.78, 5) is 38.8. The predicted molar refractivity (Wildman–Crippen MR) is 131 cm³/mol. The number of nitrogens with zero attached hydrogens (tertiary/aromatic N) is 1. The van der Waals surface area contributed by atoms with Crippen molar-refractivity contribution in [1.29, 1.82) is 0 Å². The van der Waals surface area contributed by atoms with Crippen molar-refractivity contribution >= 4 is 29.3 Å². The molecule has 1 amide bonds. The molecule has 0 spiro atoms. The van der Waals surface area contributed by atoms with Crippen LogP contribution in [0.4, 0.5) is 13.2 Å². The molecule has 0 aromatic heterocycles. The number of amides is 1. The minimum atomic E-state index is -5.14. The van der Waals surface area contributed by atoms with Gasteiger partial charge in [0.2, 0.25) is 5.91 Å². The number of carbonyl (C=O) groups excluding carboxylic acids is 3. The second-order valence-electron chi connectivity index (χ2n) is 9.43. The third-order valence-electron chi connectivity index (χ3n) is 7.05. The number of carbonyl (C=O) groups is 3. The third kappa shape index (κ3) is 6.51. The van der Waals surface area contributed by atoms with Gasteiger partial charge in [-0.1, -0.05) is 35.9 Å². The largest absolute Gasteiger partial charge is 0.490 e. The standard InChI is InChI=1S/C27H28ClF3N2O4/c28-22-5-3-21(4-6-22)26(37-25(36)27(29,30)31)11-15-33(16-12-26)24(35)8-7-23(34)20-2-1-18-9-13-32-14-10-19(18)17-20/h1-6,17,32H,7-16H2. The first kappa shape index (κ1) is 27.1. The monoisotopic (exact) mass is 536 g/mol. The fraction of sp³-hybridized carbons (Fsp3) is 0.444. The summed E-state index contributed by atoms with van der Waals surface area (Å²) >= 11 is 5.91. The Balaban J connectivity index is 1.38. The highest BCUT2D eigenvalue weighted by molar-refractivity contribution is 6.30. The summed E-state index contributed by atoms with van der Waals surface area (Å²) in [5.41, 5.74) is 1.80. The molecule has 37 heavy (non-hydrogen) atoms. The van der Waals surface area contributed by atoms with E-state index in [1.54, 1.807) is 6.07 Å². The summed E-state index contributed by atoms with van der Waals surface area (Å²) in [5.74, 6) is -2.66. The van der Waals surface area contributed by atoms with Crippen LogP contribution in [-0.4, -0.2) is 54.9 Å². The molecule has 0 unspecified atom stereocenters. The normalized spacial score (nSPS) is 17.5. The van der Waals surface area contributed by atoms with Crippen LogP contribution in [0.2, 0.25) is 5.02 Å². The molecule has 198 valence electrons. The number of benzene rings is 2. The van der Waals surface area contributed by atoms with E-state index in [1.165, 1.54) is 34.7 Å². The van der Waals surface area contributed by atoms with Crippen LogP contribution in [0.25, 0.3) is 0 Å². The van der Waals surface area contributed by atoms with E-state index >= 15 is 0 Å². The second kappa shape index (κ2) is 11.2. The van der Waals surface area contributed by atoms with Crippen molar-refractivity contribution in [2.45, 2.75) is 50.3 Å². The fourth-order valence-corrected chi connectivity index (χ4v) is 5.05. The van der Waals surface area contributed by atoms with E-state index in [-0.39, 0.29) is 50.5 Å². The van der Waals surface area contributed by atoms with E-state index in [2.05, 4.69) is 5.32 Å². The molecular weight excluding hydrogens is 509 g/mol. The Labute approximate surface area is 218 Å². The molecule has 10 heteroatoms. The third-order valence-corrected chi connectivity index (χ3v) is 7.30. The molecule has 6 nitrogen and oxygen atoms in total. The number of halogens is 4. The lowest BCUT2D eigenvalue weighted by molar-refractivity contribution is -0.219. The van der Waals surface area contributed by atoms with E-state index in [9.17, 15) is 27.6 Å². The molecule has 2 aromatic rings. The maximum absolute atomic E-state index is 13.0. The minimum absolute atomic E-state index is 0.00496. The Bertz CT molecular complexity index is 1160. The number of ether oxygens (including phenoxy) is 1. The Morgan fingerprint density at radius 1 is 0.946 bits per heavy atom. The molecule has 0 atom stereocenters. The van der Waals surface area contributed by atoms with Crippen LogP contribution in [0, 0.1) is 0 Å². The highest BCUT2D eigenvalue weighted by Crippen LogP contribution is 2.39. The van der Waals surface area contributed by atoms with Gasteiger partial charge >= 0.3 is 12.1 Å². The molecule has 1 N–H and O–H groups in total. The van der Waals surface area contributed by atoms with Crippen LogP contribution >= 0.6 is 11.6 Å². The van der Waals surface area contributed by atoms with Crippen molar-refractivity contribution in [3.8, 4) is 0 Å². The van der Waals surface area contributed by atoms with Gasteiger partial charge < -0.3 is 15.0 Å². The maximum Gasteiger partial charge on any atom is 0.490 e. The number of Topliss-reactive ketones (excluding diaryl/α,β-unsaturated/α-hetero) is 1. The number of esters is 1. The molecule has 1 saturated heterocycles. The van der Waals surface area contributed by atoms with Gasteiger partial charge in [-0.3, -0.25) is 9.59 Å². The van der Waals surface area contributed by atoms with Crippen molar-refractivity contribution in [3.63, 3.8) is 0 Å². The summed E-state index contributed by atoms with van der Waals surface area (Å²) in [6.45, 7) is 1.94. The first-order valence-electron chi connectivity index (χ1n) is 12.3. The smallest absolute Gasteiger partial charge is 0.447 e. The summed E-state index contributed by atoms with van der Waals surface area (Å²) in [6.07, 6.45) is -3.36. The van der Waals surface area contributed by atoms with Crippen molar-refractivity contribution in [1.82, 2.24) is 10.2 Å². The van der Waals surface area contributed by atoms with Gasteiger partial charge in [-0.2, -0.15) is 13.2 Å². The molecule has 2 heterocycles. The summed E-state index contributed by atoms with van der Waals surface area (Å²) in [7, 11) is 0. The first-order chi connectivity index (χ1) is 17.6. The summed E-state index contributed by atoms with van der Waals surface area (Å²) in [6, 6.07) is 11.8. The molecular formula is C27H28ClF3N2O4. The van der Waals surface area contributed by atoms with Crippen LogP contribution in [0.15, 0.2) is 42.5 Å². The van der Waals surface area contributed by atoms with Gasteiger partial charge in [0.15, 0.2) is 5.78 Å². The average Bonchev–Trinajstić information content (AvgIpc) is 3.12. The number of rotatable bonds is 6. The average molecular weight is 537 g/mol. The minimum Gasteiger partial charge on any atom is -0.447 e. The van der Waals surface area contributed by atoms with Crippen molar-refractivity contribution < 1.29 is 32.3 Å². The van der Waals surface area contributed by atoms with Gasteiger partial charge in [0.05, 0.1) is 0 Å². The predicted octanol–water partition coefficient (Wildman–Crippen LogP) is 4.61. The zero-order chi connectivity index (χ0) is 26.6. The zero-order valence-corrected chi connectivity index (χ0v) is 21.0. The van der Waals surface area contributed by atoms with E-state index in [0.717, 1.165) is 31.5 Å². The number of nitrogens with one attached hydrogen (secondary N) is 1. The summed E-state index contributed by atoms with van der Waals surface area (Å²) < 4.78 is 44.0.